The predicted octanol–water partition coefficient (Wildman–Crippen LogP) is 2.02. The van der Waals surface area contributed by atoms with Gasteiger partial charge in [-0.1, -0.05) is 30.4 Å². The lowest BCUT2D eigenvalue weighted by Gasteiger charge is -2.30. The number of carbonyl (C=O) groups excluding carboxylic acids is 1. The maximum Gasteiger partial charge on any atom is 0.307 e. The Labute approximate surface area is 139 Å². The quantitative estimate of drug-likeness (QED) is 0.779. The number of anilines is 1. The summed E-state index contributed by atoms with van der Waals surface area (Å²) in [5.41, 5.74) is 0.597. The molecule has 4 atom stereocenters. The highest BCUT2D eigenvalue weighted by Gasteiger charge is 2.52. The van der Waals surface area contributed by atoms with Gasteiger partial charge in [-0.3, -0.25) is 14.4 Å². The van der Waals surface area contributed by atoms with E-state index in [-0.39, 0.29) is 30.7 Å². The van der Waals surface area contributed by atoms with Gasteiger partial charge >= 0.3 is 11.9 Å². The van der Waals surface area contributed by atoms with Gasteiger partial charge in [-0.25, -0.2) is 0 Å². The van der Waals surface area contributed by atoms with E-state index in [9.17, 15) is 19.5 Å². The third-order valence-corrected chi connectivity index (χ3v) is 4.91. The molecule has 0 unspecified atom stereocenters. The molecule has 1 aromatic rings. The second kappa shape index (κ2) is 6.47. The van der Waals surface area contributed by atoms with E-state index in [0.717, 1.165) is 0 Å². The van der Waals surface area contributed by atoms with Gasteiger partial charge in [-0.2, -0.15) is 0 Å². The molecule has 0 spiro atoms. The van der Waals surface area contributed by atoms with E-state index in [4.69, 9.17) is 5.11 Å². The normalized spacial score (nSPS) is 27.2. The average molecular weight is 329 g/mol. The molecule has 0 aliphatic heterocycles. The minimum atomic E-state index is -0.994. The summed E-state index contributed by atoms with van der Waals surface area (Å²) >= 11 is 0. The summed E-state index contributed by atoms with van der Waals surface area (Å²) in [7, 11) is 0. The second-order valence-corrected chi connectivity index (χ2v) is 6.31. The molecule has 2 aliphatic rings. The summed E-state index contributed by atoms with van der Waals surface area (Å²) < 4.78 is 0. The Bertz CT molecular complexity index is 684. The van der Waals surface area contributed by atoms with Gasteiger partial charge in [-0.05, 0) is 30.4 Å². The molecule has 2 aliphatic carbocycles. The van der Waals surface area contributed by atoms with Crippen molar-refractivity contribution in [2.45, 2.75) is 12.8 Å². The van der Waals surface area contributed by atoms with E-state index in [1.54, 1.807) is 24.3 Å². The third kappa shape index (κ3) is 2.91. The van der Waals surface area contributed by atoms with Crippen LogP contribution in [0.15, 0.2) is 42.5 Å². The summed E-state index contributed by atoms with van der Waals surface area (Å²) in [5.74, 6) is -3.82. The van der Waals surface area contributed by atoms with Crippen LogP contribution >= 0.6 is 0 Å². The number of carboxylic acid groups (broad SMARTS) is 2. The number of nitrogens with zero attached hydrogens (tertiary/aromatic N) is 1. The number of carboxylic acids is 2. The Morgan fingerprint density at radius 1 is 1.00 bits per heavy atom. The number of para-hydroxylation sites is 1. The van der Waals surface area contributed by atoms with Gasteiger partial charge < -0.3 is 15.1 Å². The molecule has 1 fully saturated rings. The third-order valence-electron chi connectivity index (χ3n) is 4.91. The molecule has 24 heavy (non-hydrogen) atoms. The van der Waals surface area contributed by atoms with Gasteiger partial charge in [0, 0.05) is 12.2 Å². The van der Waals surface area contributed by atoms with Gasteiger partial charge in [0.25, 0.3) is 0 Å². The zero-order chi connectivity index (χ0) is 17.3. The van der Waals surface area contributed by atoms with Gasteiger partial charge in [0.05, 0.1) is 18.3 Å². The highest BCUT2D eigenvalue weighted by molar-refractivity contribution is 5.98. The predicted molar refractivity (Wildman–Crippen MR) is 86.4 cm³/mol. The molecule has 126 valence electrons. The topological polar surface area (TPSA) is 94.9 Å². The number of allylic oxidation sites excluding steroid dienone is 2. The standard InChI is InChI=1S/C18H19NO5/c20-14(21)8-9-19(13-4-2-1-3-5-13)17(22)15-11-6-7-12(10-11)16(15)18(23)24/h1-7,11-12,15-16H,8-10H2,(H,20,21)(H,23,24)/t11-,12-,15+,16-/m0/s1. The minimum Gasteiger partial charge on any atom is -0.481 e. The molecule has 6 heteroatoms. The van der Waals surface area contributed by atoms with Gasteiger partial charge in [-0.15, -0.1) is 0 Å². The zero-order valence-electron chi connectivity index (χ0n) is 13.0. The molecule has 2 bridgehead atoms. The molecule has 1 saturated carbocycles. The van der Waals surface area contributed by atoms with Crippen LogP contribution in [0.5, 0.6) is 0 Å². The monoisotopic (exact) mass is 329 g/mol. The van der Waals surface area contributed by atoms with Crippen molar-refractivity contribution in [3.63, 3.8) is 0 Å². The first-order valence-corrected chi connectivity index (χ1v) is 7.98. The number of amides is 1. The lowest BCUT2D eigenvalue weighted by molar-refractivity contribution is -0.147. The lowest BCUT2D eigenvalue weighted by atomic mass is 9.82. The molecule has 0 saturated heterocycles. The Hall–Kier alpha value is -2.63. The Balaban J connectivity index is 1.89. The van der Waals surface area contributed by atoms with E-state index in [1.807, 2.05) is 18.2 Å². The summed E-state index contributed by atoms with van der Waals surface area (Å²) in [6, 6.07) is 8.82. The molecule has 1 aromatic carbocycles. The van der Waals surface area contributed by atoms with Crippen LogP contribution in [0.2, 0.25) is 0 Å². The van der Waals surface area contributed by atoms with E-state index in [1.165, 1.54) is 4.90 Å². The molecule has 2 N–H and O–H groups in total. The van der Waals surface area contributed by atoms with E-state index in [0.29, 0.717) is 12.1 Å². The first-order chi connectivity index (χ1) is 11.5. The Morgan fingerprint density at radius 3 is 2.21 bits per heavy atom. The fourth-order valence-electron chi connectivity index (χ4n) is 3.86. The zero-order valence-corrected chi connectivity index (χ0v) is 13.0. The SMILES string of the molecule is O=C(O)CCN(C(=O)[C@H]1[C@@H](C(=O)O)[C@H]2C=C[C@H]1C2)c1ccccc1. The minimum absolute atomic E-state index is 0.0299. The number of fused-ring (bicyclic) bond motifs is 2. The number of hydrogen-bond donors (Lipinski definition) is 2. The maximum atomic E-state index is 13.1. The molecular weight excluding hydrogens is 310 g/mol. The smallest absolute Gasteiger partial charge is 0.307 e. The van der Waals surface area contributed by atoms with Crippen molar-refractivity contribution >= 4 is 23.5 Å². The van der Waals surface area contributed by atoms with Crippen molar-refractivity contribution < 1.29 is 24.6 Å². The molecule has 1 amide bonds. The molecule has 0 heterocycles. The fourth-order valence-corrected chi connectivity index (χ4v) is 3.86. The Kier molecular flexibility index (Phi) is 4.38. The van der Waals surface area contributed by atoms with E-state index < -0.39 is 23.8 Å². The summed E-state index contributed by atoms with van der Waals surface area (Å²) in [5, 5.41) is 18.5. The van der Waals surface area contributed by atoms with Crippen molar-refractivity contribution in [3.05, 3.63) is 42.5 Å². The van der Waals surface area contributed by atoms with Gasteiger partial charge in [0.15, 0.2) is 0 Å². The number of rotatable bonds is 6. The van der Waals surface area contributed by atoms with Crippen molar-refractivity contribution in [2.24, 2.45) is 23.7 Å². The average Bonchev–Trinajstić information content (AvgIpc) is 3.16. The molecule has 0 aromatic heterocycles. The highest BCUT2D eigenvalue weighted by Crippen LogP contribution is 2.49. The maximum absolute atomic E-state index is 13.1. The van der Waals surface area contributed by atoms with Crippen LogP contribution < -0.4 is 4.90 Å². The van der Waals surface area contributed by atoms with Crippen LogP contribution in [0, 0.1) is 23.7 Å². The van der Waals surface area contributed by atoms with Crippen LogP contribution in [0.1, 0.15) is 12.8 Å². The van der Waals surface area contributed by atoms with Gasteiger partial charge in [0.2, 0.25) is 5.91 Å². The first-order valence-electron chi connectivity index (χ1n) is 7.98. The van der Waals surface area contributed by atoms with Crippen LogP contribution in [-0.4, -0.2) is 34.6 Å². The van der Waals surface area contributed by atoms with Crippen molar-refractivity contribution in [1.82, 2.24) is 0 Å². The number of benzene rings is 1. The number of carbonyl (C=O) groups is 3. The second-order valence-electron chi connectivity index (χ2n) is 6.31. The Morgan fingerprint density at radius 2 is 1.62 bits per heavy atom. The number of aliphatic carboxylic acids is 2. The summed E-state index contributed by atoms with van der Waals surface area (Å²) in [6.45, 7) is 0.0299. The van der Waals surface area contributed by atoms with Crippen molar-refractivity contribution in [2.75, 3.05) is 11.4 Å². The van der Waals surface area contributed by atoms with Crippen LogP contribution in [0.25, 0.3) is 0 Å². The highest BCUT2D eigenvalue weighted by atomic mass is 16.4. The van der Waals surface area contributed by atoms with Crippen LogP contribution in [0.3, 0.4) is 0 Å². The van der Waals surface area contributed by atoms with Crippen molar-refractivity contribution in [1.29, 1.82) is 0 Å². The fraction of sp³-hybridized carbons (Fsp3) is 0.389. The summed E-state index contributed by atoms with van der Waals surface area (Å²) in [6.07, 6.45) is 4.30. The van der Waals surface area contributed by atoms with E-state index in [2.05, 4.69) is 0 Å². The largest absolute Gasteiger partial charge is 0.481 e. The summed E-state index contributed by atoms with van der Waals surface area (Å²) in [4.78, 5) is 37.1. The lowest BCUT2D eigenvalue weighted by Crippen LogP contribution is -2.44. The van der Waals surface area contributed by atoms with Crippen LogP contribution in [0.4, 0.5) is 5.69 Å². The van der Waals surface area contributed by atoms with Crippen molar-refractivity contribution in [3.8, 4) is 0 Å². The molecule has 3 rings (SSSR count). The first kappa shape index (κ1) is 16.2. The molecule has 0 radical (unpaired) electrons. The molecular formula is C18H19NO5. The number of hydrogen-bond acceptors (Lipinski definition) is 3. The van der Waals surface area contributed by atoms with Crippen LogP contribution in [-0.2, 0) is 14.4 Å². The van der Waals surface area contributed by atoms with Gasteiger partial charge in [0.1, 0.15) is 0 Å². The van der Waals surface area contributed by atoms with E-state index >= 15 is 0 Å². The molecule has 6 nitrogen and oxygen atoms in total.